The quantitative estimate of drug-likeness (QED) is 0.623. The van der Waals surface area contributed by atoms with Crippen molar-refractivity contribution in [3.05, 3.63) is 52.2 Å². The molecular formula is C20H22N8OS. The molecule has 1 atom stereocenters. The summed E-state index contributed by atoms with van der Waals surface area (Å²) in [5.41, 5.74) is 7.55. The Morgan fingerprint density at radius 2 is 2.17 bits per heavy atom. The van der Waals surface area contributed by atoms with Crippen molar-refractivity contribution in [1.82, 2.24) is 29.4 Å². The zero-order chi connectivity index (χ0) is 21.3. The fourth-order valence-corrected chi connectivity index (χ4v) is 4.17. The van der Waals surface area contributed by atoms with Crippen molar-refractivity contribution in [2.45, 2.75) is 32.2 Å². The Kier molecular flexibility index (Phi) is 5.37. The predicted octanol–water partition coefficient (Wildman–Crippen LogP) is 2.62. The van der Waals surface area contributed by atoms with Gasteiger partial charge in [0.15, 0.2) is 4.77 Å². The van der Waals surface area contributed by atoms with E-state index in [1.54, 1.807) is 24.3 Å². The molecule has 1 unspecified atom stereocenters. The van der Waals surface area contributed by atoms with Crippen molar-refractivity contribution in [2.24, 2.45) is 0 Å². The minimum Gasteiger partial charge on any atom is -0.382 e. The Balaban J connectivity index is 1.52. The van der Waals surface area contributed by atoms with Crippen LogP contribution in [0.1, 0.15) is 47.4 Å². The topological polar surface area (TPSA) is 122 Å². The molecule has 3 aromatic rings. The highest BCUT2D eigenvalue weighted by atomic mass is 32.1. The van der Waals surface area contributed by atoms with E-state index in [1.165, 1.54) is 10.9 Å². The van der Waals surface area contributed by atoms with E-state index in [4.69, 9.17) is 23.2 Å². The number of nitrogens with zero attached hydrogens (tertiary/aromatic N) is 6. The number of nitrogens with two attached hydrogens (primary N) is 1. The van der Waals surface area contributed by atoms with E-state index in [0.717, 1.165) is 25.2 Å². The van der Waals surface area contributed by atoms with E-state index in [1.807, 2.05) is 22.5 Å². The minimum atomic E-state index is -0.0189. The third-order valence-electron chi connectivity index (χ3n) is 5.46. The Hall–Kier alpha value is -3.45. The molecule has 0 bridgehead atoms. The maximum atomic E-state index is 13.1. The summed E-state index contributed by atoms with van der Waals surface area (Å²) in [6, 6.07) is 9.08. The Morgan fingerprint density at radius 3 is 2.83 bits per heavy atom. The summed E-state index contributed by atoms with van der Waals surface area (Å²) in [4.78, 5) is 15.0. The SMILES string of the molecule is CCn1c(C2CCCN(C(=O)c3ccc(-n4ncc(C#N)c4N)cc3)C2)n[nH]c1=S. The number of carbonyl (C=O) groups excluding carboxylic acids is 1. The lowest BCUT2D eigenvalue weighted by Gasteiger charge is -2.32. The molecule has 0 aliphatic carbocycles. The number of rotatable bonds is 4. The molecule has 3 heterocycles. The lowest BCUT2D eigenvalue weighted by molar-refractivity contribution is 0.0703. The first kappa shape index (κ1) is 19.8. The summed E-state index contributed by atoms with van der Waals surface area (Å²) in [6.45, 7) is 4.11. The molecule has 4 rings (SSSR count). The van der Waals surface area contributed by atoms with Crippen molar-refractivity contribution >= 4 is 23.9 Å². The van der Waals surface area contributed by atoms with Gasteiger partial charge in [0.1, 0.15) is 23.3 Å². The van der Waals surface area contributed by atoms with Crippen molar-refractivity contribution in [1.29, 1.82) is 5.26 Å². The second kappa shape index (κ2) is 8.12. The number of nitrogens with one attached hydrogen (secondary N) is 1. The number of amides is 1. The van der Waals surface area contributed by atoms with Gasteiger partial charge >= 0.3 is 0 Å². The van der Waals surface area contributed by atoms with Gasteiger partial charge in [-0.1, -0.05) is 0 Å². The predicted molar refractivity (Wildman–Crippen MR) is 114 cm³/mol. The normalized spacial score (nSPS) is 16.4. The summed E-state index contributed by atoms with van der Waals surface area (Å²) >= 11 is 5.30. The van der Waals surface area contributed by atoms with Gasteiger partial charge in [0, 0.05) is 31.1 Å². The average Bonchev–Trinajstić information content (AvgIpc) is 3.35. The van der Waals surface area contributed by atoms with Crippen LogP contribution in [0.3, 0.4) is 0 Å². The van der Waals surface area contributed by atoms with Crippen LogP contribution >= 0.6 is 12.2 Å². The van der Waals surface area contributed by atoms with E-state index in [9.17, 15) is 4.79 Å². The van der Waals surface area contributed by atoms with Crippen LogP contribution in [0, 0.1) is 16.1 Å². The second-order valence-electron chi connectivity index (χ2n) is 7.24. The van der Waals surface area contributed by atoms with Gasteiger partial charge in [-0.25, -0.2) is 4.68 Å². The standard InChI is InChI=1S/C20H22N8OS/c1-2-27-18(24-25-20(27)30)14-4-3-9-26(12-14)19(29)13-5-7-16(8-6-13)28-17(22)15(10-21)11-23-28/h5-8,11,14H,2-4,9,12,22H2,1H3,(H,25,30). The number of H-pyrrole nitrogens is 1. The van der Waals surface area contributed by atoms with Crippen LogP contribution < -0.4 is 5.73 Å². The molecular weight excluding hydrogens is 400 g/mol. The first-order valence-electron chi connectivity index (χ1n) is 9.81. The number of piperidine rings is 1. The molecule has 9 nitrogen and oxygen atoms in total. The number of hydrogen-bond donors (Lipinski definition) is 2. The summed E-state index contributed by atoms with van der Waals surface area (Å²) in [5, 5.41) is 20.4. The first-order valence-corrected chi connectivity index (χ1v) is 10.2. The maximum Gasteiger partial charge on any atom is 0.253 e. The molecule has 1 fully saturated rings. The summed E-state index contributed by atoms with van der Waals surface area (Å²) in [6.07, 6.45) is 3.31. The molecule has 10 heteroatoms. The Bertz CT molecular complexity index is 1170. The van der Waals surface area contributed by atoms with Gasteiger partial charge in [0.05, 0.1) is 11.9 Å². The van der Waals surface area contributed by atoms with Crippen LogP contribution in [0.15, 0.2) is 30.5 Å². The number of carbonyl (C=O) groups is 1. The zero-order valence-corrected chi connectivity index (χ0v) is 17.4. The van der Waals surface area contributed by atoms with Gasteiger partial charge in [0.25, 0.3) is 5.91 Å². The number of hydrogen-bond acceptors (Lipinski definition) is 6. The molecule has 1 aliphatic heterocycles. The van der Waals surface area contributed by atoms with Crippen molar-refractivity contribution in [2.75, 3.05) is 18.8 Å². The molecule has 1 aromatic carbocycles. The number of nitrogen functional groups attached to an aromatic ring is 1. The monoisotopic (exact) mass is 422 g/mol. The van der Waals surface area contributed by atoms with Gasteiger partial charge in [0.2, 0.25) is 0 Å². The molecule has 1 saturated heterocycles. The molecule has 0 saturated carbocycles. The lowest BCUT2D eigenvalue weighted by atomic mass is 9.96. The maximum absolute atomic E-state index is 13.1. The van der Waals surface area contributed by atoms with Crippen LogP contribution in [0.4, 0.5) is 5.82 Å². The highest BCUT2D eigenvalue weighted by molar-refractivity contribution is 7.71. The highest BCUT2D eigenvalue weighted by Crippen LogP contribution is 2.27. The van der Waals surface area contributed by atoms with Crippen LogP contribution in [-0.2, 0) is 6.54 Å². The second-order valence-corrected chi connectivity index (χ2v) is 7.62. The Morgan fingerprint density at radius 1 is 1.40 bits per heavy atom. The summed E-state index contributed by atoms with van der Waals surface area (Å²) < 4.78 is 4.09. The number of nitriles is 1. The number of aromatic nitrogens is 5. The fourth-order valence-electron chi connectivity index (χ4n) is 3.90. The smallest absolute Gasteiger partial charge is 0.253 e. The van der Waals surface area contributed by atoms with E-state index < -0.39 is 0 Å². The molecule has 30 heavy (non-hydrogen) atoms. The Labute approximate surface area is 178 Å². The van der Waals surface area contributed by atoms with Crippen LogP contribution in [0.2, 0.25) is 0 Å². The third-order valence-corrected chi connectivity index (χ3v) is 5.78. The van der Waals surface area contributed by atoms with Gasteiger partial charge in [-0.05, 0) is 56.2 Å². The van der Waals surface area contributed by atoms with E-state index >= 15 is 0 Å². The largest absolute Gasteiger partial charge is 0.382 e. The third kappa shape index (κ3) is 3.48. The van der Waals surface area contributed by atoms with E-state index in [2.05, 4.69) is 15.3 Å². The fraction of sp³-hybridized carbons (Fsp3) is 0.350. The number of aromatic amines is 1. The summed E-state index contributed by atoms with van der Waals surface area (Å²) in [5.74, 6) is 1.33. The van der Waals surface area contributed by atoms with E-state index in [0.29, 0.717) is 34.7 Å². The van der Waals surface area contributed by atoms with Crippen LogP contribution in [0.25, 0.3) is 5.69 Å². The zero-order valence-electron chi connectivity index (χ0n) is 16.6. The van der Waals surface area contributed by atoms with Gasteiger partial charge in [-0.3, -0.25) is 9.89 Å². The van der Waals surface area contributed by atoms with Gasteiger partial charge in [-0.15, -0.1) is 0 Å². The molecule has 0 spiro atoms. The first-order chi connectivity index (χ1) is 14.5. The summed E-state index contributed by atoms with van der Waals surface area (Å²) in [7, 11) is 0. The molecule has 1 amide bonds. The van der Waals surface area contributed by atoms with Crippen molar-refractivity contribution < 1.29 is 4.79 Å². The van der Waals surface area contributed by atoms with Crippen LogP contribution in [-0.4, -0.2) is 48.4 Å². The van der Waals surface area contributed by atoms with Gasteiger partial charge < -0.3 is 15.2 Å². The lowest BCUT2D eigenvalue weighted by Crippen LogP contribution is -2.39. The van der Waals surface area contributed by atoms with Gasteiger partial charge in [-0.2, -0.15) is 15.5 Å². The van der Waals surface area contributed by atoms with Crippen LogP contribution in [0.5, 0.6) is 0 Å². The number of likely N-dealkylation sites (tertiary alicyclic amines) is 1. The molecule has 154 valence electrons. The number of anilines is 1. The molecule has 2 aromatic heterocycles. The average molecular weight is 423 g/mol. The number of benzene rings is 1. The molecule has 3 N–H and O–H groups in total. The highest BCUT2D eigenvalue weighted by Gasteiger charge is 2.28. The van der Waals surface area contributed by atoms with Crippen molar-refractivity contribution in [3.63, 3.8) is 0 Å². The molecule has 1 aliphatic rings. The minimum absolute atomic E-state index is 0.0189. The van der Waals surface area contributed by atoms with E-state index in [-0.39, 0.29) is 17.6 Å². The molecule has 0 radical (unpaired) electrons. The van der Waals surface area contributed by atoms with Crippen molar-refractivity contribution in [3.8, 4) is 11.8 Å².